The molecule has 2 heteroatoms. The highest BCUT2D eigenvalue weighted by Crippen LogP contribution is 1.93. The molecule has 0 bridgehead atoms. The van der Waals surface area contributed by atoms with Gasteiger partial charge in [-0.1, -0.05) is 20.4 Å². The van der Waals surface area contributed by atoms with Crippen LogP contribution in [0.2, 0.25) is 0 Å². The van der Waals surface area contributed by atoms with Crippen molar-refractivity contribution in [2.45, 2.75) is 33.2 Å². The monoisotopic (exact) mass is 131 g/mol. The van der Waals surface area contributed by atoms with E-state index in [-0.39, 0.29) is 11.8 Å². The van der Waals surface area contributed by atoms with Crippen molar-refractivity contribution < 1.29 is 5.11 Å². The lowest BCUT2D eigenvalue weighted by atomic mass is 10.2. The van der Waals surface area contributed by atoms with E-state index in [1.807, 2.05) is 20.8 Å². The minimum absolute atomic E-state index is 0.0255. The molecule has 0 amide bonds. The second-order valence-corrected chi connectivity index (χ2v) is 1.75. The van der Waals surface area contributed by atoms with Crippen LogP contribution in [0.1, 0.15) is 27.2 Å². The van der Waals surface area contributed by atoms with Gasteiger partial charge in [0.1, 0.15) is 0 Å². The summed E-state index contributed by atoms with van der Waals surface area (Å²) in [5.41, 5.74) is 5.27. The number of nitrogens with two attached hydrogens (primary N) is 1. The molecule has 0 fully saturated rings. The fourth-order valence-electron chi connectivity index (χ4n) is 0.372. The molecule has 0 aromatic heterocycles. The molecule has 0 aliphatic carbocycles. The van der Waals surface area contributed by atoms with E-state index in [9.17, 15) is 0 Å². The fraction of sp³-hybridized carbons (Fsp3) is 0.714. The molecule has 0 radical (unpaired) electrons. The van der Waals surface area contributed by atoms with Crippen molar-refractivity contribution in [1.82, 2.24) is 0 Å². The zero-order chi connectivity index (χ0) is 7.86. The second kappa shape index (κ2) is 7.50. The van der Waals surface area contributed by atoms with Crippen molar-refractivity contribution >= 4 is 0 Å². The van der Waals surface area contributed by atoms with Gasteiger partial charge in [-0.3, -0.25) is 0 Å². The predicted octanol–water partition coefficient (Wildman–Crippen LogP) is 1.82. The molecule has 1 atom stereocenters. The zero-order valence-corrected chi connectivity index (χ0v) is 6.52. The first-order chi connectivity index (χ1) is 4.13. The Morgan fingerprint density at radius 2 is 2.00 bits per heavy atom. The fourth-order valence-corrected chi connectivity index (χ4v) is 0.372. The van der Waals surface area contributed by atoms with Crippen LogP contribution in [-0.4, -0.2) is 11.1 Å². The summed E-state index contributed by atoms with van der Waals surface area (Å²) in [6, 6.07) is 0.0255. The summed E-state index contributed by atoms with van der Waals surface area (Å²) in [6.45, 7) is 9.09. The van der Waals surface area contributed by atoms with Crippen molar-refractivity contribution in [1.29, 1.82) is 0 Å². The summed E-state index contributed by atoms with van der Waals surface area (Å²) < 4.78 is 0. The van der Waals surface area contributed by atoms with Gasteiger partial charge in [0.05, 0.1) is 5.76 Å². The molecular formula is C7H17NO. The normalized spacial score (nSPS) is 11.1. The van der Waals surface area contributed by atoms with Gasteiger partial charge in [0.2, 0.25) is 0 Å². The number of hydrogen-bond donors (Lipinski definition) is 2. The minimum Gasteiger partial charge on any atom is -0.513 e. The summed E-state index contributed by atoms with van der Waals surface area (Å²) in [5.74, 6) is 0.162. The topological polar surface area (TPSA) is 46.2 Å². The Bertz CT molecular complexity index is 69.3. The minimum atomic E-state index is 0.0255. The molecule has 0 heterocycles. The lowest BCUT2D eigenvalue weighted by Crippen LogP contribution is -2.14. The molecule has 0 rings (SSSR count). The molecule has 0 aromatic carbocycles. The molecule has 56 valence electrons. The van der Waals surface area contributed by atoms with Crippen LogP contribution in [0.15, 0.2) is 12.3 Å². The van der Waals surface area contributed by atoms with Gasteiger partial charge in [-0.15, -0.1) is 0 Å². The van der Waals surface area contributed by atoms with Crippen LogP contribution in [-0.2, 0) is 0 Å². The standard InChI is InChI=1S/C5H11NO.C2H6/c1-4(6)3-5(2)7;1-2/h4,7H,2-3,6H2,1H3;1-2H3. The molecular weight excluding hydrogens is 114 g/mol. The van der Waals surface area contributed by atoms with Crippen LogP contribution in [0.3, 0.4) is 0 Å². The Kier molecular flexibility index (Phi) is 9.43. The summed E-state index contributed by atoms with van der Waals surface area (Å²) in [5, 5.41) is 8.45. The molecule has 9 heavy (non-hydrogen) atoms. The van der Waals surface area contributed by atoms with E-state index in [0.29, 0.717) is 6.42 Å². The van der Waals surface area contributed by atoms with E-state index >= 15 is 0 Å². The van der Waals surface area contributed by atoms with Gasteiger partial charge in [0.25, 0.3) is 0 Å². The quantitative estimate of drug-likeness (QED) is 0.561. The van der Waals surface area contributed by atoms with Crippen LogP contribution in [0.5, 0.6) is 0 Å². The highest BCUT2D eigenvalue weighted by Gasteiger charge is 1.92. The lowest BCUT2D eigenvalue weighted by molar-refractivity contribution is 0.380. The van der Waals surface area contributed by atoms with E-state index in [0.717, 1.165) is 0 Å². The van der Waals surface area contributed by atoms with Gasteiger partial charge in [-0.2, -0.15) is 0 Å². The largest absolute Gasteiger partial charge is 0.513 e. The van der Waals surface area contributed by atoms with Crippen molar-refractivity contribution in [3.8, 4) is 0 Å². The van der Waals surface area contributed by atoms with Crippen molar-refractivity contribution in [2.24, 2.45) is 5.73 Å². The molecule has 0 spiro atoms. The van der Waals surface area contributed by atoms with Crippen LogP contribution in [0.25, 0.3) is 0 Å². The molecule has 3 N–H and O–H groups in total. The Morgan fingerprint density at radius 1 is 1.67 bits per heavy atom. The first-order valence-corrected chi connectivity index (χ1v) is 3.25. The summed E-state index contributed by atoms with van der Waals surface area (Å²) >= 11 is 0. The third kappa shape index (κ3) is 18.5. The average Bonchev–Trinajstić information content (AvgIpc) is 1.68. The third-order valence-corrected chi connectivity index (χ3v) is 0.558. The maximum atomic E-state index is 8.45. The second-order valence-electron chi connectivity index (χ2n) is 1.75. The van der Waals surface area contributed by atoms with Crippen LogP contribution in [0, 0.1) is 0 Å². The lowest BCUT2D eigenvalue weighted by Gasteiger charge is -1.99. The van der Waals surface area contributed by atoms with Crippen molar-refractivity contribution in [2.75, 3.05) is 0 Å². The zero-order valence-electron chi connectivity index (χ0n) is 6.52. The SMILES string of the molecule is C=C(O)CC(C)N.CC. The van der Waals surface area contributed by atoms with Crippen molar-refractivity contribution in [3.05, 3.63) is 12.3 Å². The van der Waals surface area contributed by atoms with Gasteiger partial charge >= 0.3 is 0 Å². The molecule has 0 saturated heterocycles. The first-order valence-electron chi connectivity index (χ1n) is 3.25. The van der Waals surface area contributed by atoms with Gasteiger partial charge in [-0.25, -0.2) is 0 Å². The third-order valence-electron chi connectivity index (χ3n) is 0.558. The number of aliphatic hydroxyl groups excluding tert-OH is 1. The van der Waals surface area contributed by atoms with Gasteiger partial charge < -0.3 is 10.8 Å². The van der Waals surface area contributed by atoms with E-state index in [1.54, 1.807) is 0 Å². The molecule has 0 aliphatic rings. The molecule has 0 aliphatic heterocycles. The Balaban J connectivity index is 0. The maximum absolute atomic E-state index is 8.45. The summed E-state index contributed by atoms with van der Waals surface area (Å²) in [4.78, 5) is 0. The maximum Gasteiger partial charge on any atom is 0.0866 e. The number of rotatable bonds is 2. The number of hydrogen-bond acceptors (Lipinski definition) is 2. The first kappa shape index (κ1) is 11.3. The Morgan fingerprint density at radius 3 is 2.00 bits per heavy atom. The van der Waals surface area contributed by atoms with E-state index in [2.05, 4.69) is 6.58 Å². The highest BCUT2D eigenvalue weighted by molar-refractivity contribution is 4.81. The molecule has 0 saturated carbocycles. The van der Waals surface area contributed by atoms with E-state index < -0.39 is 0 Å². The predicted molar refractivity (Wildman–Crippen MR) is 41.4 cm³/mol. The molecule has 0 aromatic rings. The summed E-state index contributed by atoms with van der Waals surface area (Å²) in [7, 11) is 0. The Labute approximate surface area is 57.4 Å². The van der Waals surface area contributed by atoms with Crippen LogP contribution < -0.4 is 5.73 Å². The van der Waals surface area contributed by atoms with E-state index in [1.165, 1.54) is 0 Å². The Hall–Kier alpha value is -0.500. The van der Waals surface area contributed by atoms with Gasteiger partial charge in [0, 0.05) is 12.5 Å². The van der Waals surface area contributed by atoms with Gasteiger partial charge in [0.15, 0.2) is 0 Å². The van der Waals surface area contributed by atoms with Crippen LogP contribution in [0.4, 0.5) is 0 Å². The number of aliphatic hydroxyl groups is 1. The average molecular weight is 131 g/mol. The molecule has 1 unspecified atom stereocenters. The van der Waals surface area contributed by atoms with Crippen molar-refractivity contribution in [3.63, 3.8) is 0 Å². The highest BCUT2D eigenvalue weighted by atomic mass is 16.3. The van der Waals surface area contributed by atoms with Gasteiger partial charge in [-0.05, 0) is 6.92 Å². The van der Waals surface area contributed by atoms with Crippen LogP contribution >= 0.6 is 0 Å². The smallest absolute Gasteiger partial charge is 0.0866 e. The molecule has 2 nitrogen and oxygen atoms in total. The van der Waals surface area contributed by atoms with E-state index in [4.69, 9.17) is 10.8 Å². The summed E-state index contributed by atoms with van der Waals surface area (Å²) in [6.07, 6.45) is 0.500.